The van der Waals surface area contributed by atoms with Crippen LogP contribution in [-0.2, 0) is 16.0 Å². The lowest BCUT2D eigenvalue weighted by molar-refractivity contribution is -0.136. The zero-order chi connectivity index (χ0) is 19.6. The minimum absolute atomic E-state index is 0.0575. The fourth-order valence-electron chi connectivity index (χ4n) is 3.92. The molecule has 1 atom stereocenters. The van der Waals surface area contributed by atoms with E-state index in [0.29, 0.717) is 18.7 Å². The SMILES string of the molecule is Cc1c(C)c2c(c(C)c1O)CCC(C)(C(=O)NCCCN1CCOCC1)O2. The summed E-state index contributed by atoms with van der Waals surface area (Å²) in [5, 5.41) is 13.3. The van der Waals surface area contributed by atoms with Crippen molar-refractivity contribution in [3.63, 3.8) is 0 Å². The Bertz CT molecular complexity index is 713. The number of fused-ring (bicyclic) bond motifs is 1. The third-order valence-corrected chi connectivity index (χ3v) is 6.04. The molecule has 1 unspecified atom stereocenters. The Morgan fingerprint density at radius 1 is 1.19 bits per heavy atom. The molecule has 1 aromatic carbocycles. The van der Waals surface area contributed by atoms with Crippen molar-refractivity contribution < 1.29 is 19.4 Å². The van der Waals surface area contributed by atoms with Gasteiger partial charge in [-0.25, -0.2) is 0 Å². The summed E-state index contributed by atoms with van der Waals surface area (Å²) in [6, 6.07) is 0. The van der Waals surface area contributed by atoms with Gasteiger partial charge in [0.1, 0.15) is 11.5 Å². The molecule has 0 aliphatic carbocycles. The van der Waals surface area contributed by atoms with Crippen molar-refractivity contribution in [2.24, 2.45) is 0 Å². The van der Waals surface area contributed by atoms with Gasteiger partial charge in [-0.3, -0.25) is 9.69 Å². The van der Waals surface area contributed by atoms with Crippen molar-refractivity contribution in [1.29, 1.82) is 0 Å². The number of rotatable bonds is 5. The normalized spacial score (nSPS) is 22.8. The van der Waals surface area contributed by atoms with E-state index < -0.39 is 5.60 Å². The van der Waals surface area contributed by atoms with Gasteiger partial charge in [-0.15, -0.1) is 0 Å². The number of amides is 1. The minimum atomic E-state index is -0.868. The first-order valence-corrected chi connectivity index (χ1v) is 9.92. The van der Waals surface area contributed by atoms with E-state index in [-0.39, 0.29) is 5.91 Å². The quantitative estimate of drug-likeness (QED) is 0.771. The number of nitrogens with one attached hydrogen (secondary N) is 1. The molecule has 2 aliphatic rings. The smallest absolute Gasteiger partial charge is 0.263 e. The van der Waals surface area contributed by atoms with Crippen molar-refractivity contribution >= 4 is 5.91 Å². The summed E-state index contributed by atoms with van der Waals surface area (Å²) in [6.07, 6.45) is 2.26. The predicted molar refractivity (Wildman–Crippen MR) is 105 cm³/mol. The number of nitrogens with zero attached hydrogens (tertiary/aromatic N) is 1. The molecule has 0 aromatic heterocycles. The maximum Gasteiger partial charge on any atom is 0.263 e. The predicted octanol–water partition coefficient (Wildman–Crippen LogP) is 2.24. The zero-order valence-corrected chi connectivity index (χ0v) is 17.0. The fourth-order valence-corrected chi connectivity index (χ4v) is 3.92. The highest BCUT2D eigenvalue weighted by Crippen LogP contribution is 2.43. The van der Waals surface area contributed by atoms with Crippen LogP contribution in [0.1, 0.15) is 42.0 Å². The molecular formula is C21H32N2O4. The van der Waals surface area contributed by atoms with Gasteiger partial charge < -0.3 is 19.9 Å². The lowest BCUT2D eigenvalue weighted by Crippen LogP contribution is -2.51. The Hall–Kier alpha value is -1.79. The lowest BCUT2D eigenvalue weighted by Gasteiger charge is -2.36. The van der Waals surface area contributed by atoms with Crippen LogP contribution in [0.25, 0.3) is 0 Å². The van der Waals surface area contributed by atoms with E-state index in [0.717, 1.165) is 73.7 Å². The molecule has 0 spiro atoms. The molecule has 27 heavy (non-hydrogen) atoms. The summed E-state index contributed by atoms with van der Waals surface area (Å²) in [5.74, 6) is 1.05. The Balaban J connectivity index is 1.59. The molecule has 1 saturated heterocycles. The third-order valence-electron chi connectivity index (χ3n) is 6.04. The minimum Gasteiger partial charge on any atom is -0.507 e. The van der Waals surface area contributed by atoms with Gasteiger partial charge in [-0.1, -0.05) is 0 Å². The molecule has 0 radical (unpaired) electrons. The number of carbonyl (C=O) groups excluding carboxylic acids is 1. The largest absolute Gasteiger partial charge is 0.507 e. The second kappa shape index (κ2) is 8.07. The number of hydrogen-bond acceptors (Lipinski definition) is 5. The molecule has 0 saturated carbocycles. The van der Waals surface area contributed by atoms with Crippen LogP contribution in [-0.4, -0.2) is 60.9 Å². The van der Waals surface area contributed by atoms with Crippen LogP contribution in [0.4, 0.5) is 0 Å². The van der Waals surface area contributed by atoms with E-state index in [1.165, 1.54) is 0 Å². The van der Waals surface area contributed by atoms with E-state index in [1.807, 2.05) is 27.7 Å². The molecule has 1 aromatic rings. The number of aromatic hydroxyl groups is 1. The number of phenols is 1. The van der Waals surface area contributed by atoms with Gasteiger partial charge >= 0.3 is 0 Å². The van der Waals surface area contributed by atoms with Crippen molar-refractivity contribution in [1.82, 2.24) is 10.2 Å². The molecule has 6 heteroatoms. The van der Waals surface area contributed by atoms with E-state index in [2.05, 4.69) is 10.2 Å². The molecule has 1 fully saturated rings. The van der Waals surface area contributed by atoms with E-state index in [1.54, 1.807) is 0 Å². The monoisotopic (exact) mass is 376 g/mol. The number of phenolic OH excluding ortho intramolecular Hbond substituents is 1. The van der Waals surface area contributed by atoms with Crippen LogP contribution in [0.2, 0.25) is 0 Å². The summed E-state index contributed by atoms with van der Waals surface area (Å²) < 4.78 is 11.6. The van der Waals surface area contributed by atoms with Crippen LogP contribution >= 0.6 is 0 Å². The Labute approximate surface area is 161 Å². The summed E-state index contributed by atoms with van der Waals surface area (Å²) >= 11 is 0. The number of hydrogen-bond donors (Lipinski definition) is 2. The van der Waals surface area contributed by atoms with Crippen LogP contribution in [0, 0.1) is 20.8 Å². The molecule has 3 rings (SSSR count). The van der Waals surface area contributed by atoms with Crippen molar-refractivity contribution in [2.75, 3.05) is 39.4 Å². The van der Waals surface area contributed by atoms with Crippen LogP contribution in [0.5, 0.6) is 11.5 Å². The molecule has 1 amide bonds. The number of carbonyl (C=O) groups is 1. The number of benzene rings is 1. The Kier molecular flexibility index (Phi) is 5.96. The van der Waals surface area contributed by atoms with Crippen molar-refractivity contribution in [2.45, 2.75) is 52.6 Å². The van der Waals surface area contributed by atoms with Gasteiger partial charge in [-0.05, 0) is 63.8 Å². The first-order valence-electron chi connectivity index (χ1n) is 9.92. The second-order valence-corrected chi connectivity index (χ2v) is 7.93. The van der Waals surface area contributed by atoms with Crippen LogP contribution in [0.3, 0.4) is 0 Å². The van der Waals surface area contributed by atoms with Crippen molar-refractivity contribution in [3.8, 4) is 11.5 Å². The fraction of sp³-hybridized carbons (Fsp3) is 0.667. The average molecular weight is 376 g/mol. The van der Waals surface area contributed by atoms with Gasteiger partial charge in [0.25, 0.3) is 5.91 Å². The second-order valence-electron chi connectivity index (χ2n) is 7.93. The van der Waals surface area contributed by atoms with E-state index >= 15 is 0 Å². The molecule has 2 N–H and O–H groups in total. The average Bonchev–Trinajstić information content (AvgIpc) is 2.68. The van der Waals surface area contributed by atoms with Gasteiger partial charge in [0, 0.05) is 31.6 Å². The summed E-state index contributed by atoms with van der Waals surface area (Å²) in [6.45, 7) is 12.8. The van der Waals surface area contributed by atoms with Gasteiger partial charge in [-0.2, -0.15) is 0 Å². The molecule has 0 bridgehead atoms. The summed E-state index contributed by atoms with van der Waals surface area (Å²) in [5.41, 5.74) is 2.75. The van der Waals surface area contributed by atoms with Gasteiger partial charge in [0.15, 0.2) is 5.60 Å². The number of morpholine rings is 1. The van der Waals surface area contributed by atoms with E-state index in [4.69, 9.17) is 9.47 Å². The Morgan fingerprint density at radius 2 is 1.89 bits per heavy atom. The third kappa shape index (κ3) is 4.06. The molecular weight excluding hydrogens is 344 g/mol. The maximum atomic E-state index is 12.8. The van der Waals surface area contributed by atoms with Gasteiger partial charge in [0.2, 0.25) is 0 Å². The van der Waals surface area contributed by atoms with Crippen molar-refractivity contribution in [3.05, 3.63) is 22.3 Å². The molecule has 150 valence electrons. The lowest BCUT2D eigenvalue weighted by atomic mass is 9.86. The topological polar surface area (TPSA) is 71.0 Å². The first-order chi connectivity index (χ1) is 12.8. The Morgan fingerprint density at radius 3 is 2.59 bits per heavy atom. The maximum absolute atomic E-state index is 12.8. The highest BCUT2D eigenvalue weighted by Gasteiger charge is 2.40. The zero-order valence-electron chi connectivity index (χ0n) is 17.0. The highest BCUT2D eigenvalue weighted by atomic mass is 16.5. The molecule has 2 heterocycles. The molecule has 6 nitrogen and oxygen atoms in total. The summed E-state index contributed by atoms with van der Waals surface area (Å²) in [4.78, 5) is 15.2. The van der Waals surface area contributed by atoms with Crippen LogP contribution < -0.4 is 10.1 Å². The number of ether oxygens (including phenoxy) is 2. The first kappa shape index (κ1) is 20.0. The standard InChI is InChI=1S/C21H32N2O4/c1-14-15(2)19-17(16(3)18(14)24)6-7-21(4,27-19)20(25)22-8-5-9-23-10-12-26-13-11-23/h24H,5-13H2,1-4H3,(H,22,25). The molecule has 2 aliphatic heterocycles. The van der Waals surface area contributed by atoms with Crippen LogP contribution in [0.15, 0.2) is 0 Å². The highest BCUT2D eigenvalue weighted by molar-refractivity contribution is 5.85. The van der Waals surface area contributed by atoms with E-state index in [9.17, 15) is 9.90 Å². The summed E-state index contributed by atoms with van der Waals surface area (Å²) in [7, 11) is 0. The van der Waals surface area contributed by atoms with Gasteiger partial charge in [0.05, 0.1) is 13.2 Å².